The van der Waals surface area contributed by atoms with E-state index in [0.717, 1.165) is 11.4 Å². The Balaban J connectivity index is 2.58. The normalized spacial score (nSPS) is 12.2. The van der Waals surface area contributed by atoms with E-state index in [1.165, 1.54) is 0 Å². The van der Waals surface area contributed by atoms with E-state index < -0.39 is 0 Å². The van der Waals surface area contributed by atoms with Crippen molar-refractivity contribution >= 4 is 23.9 Å². The summed E-state index contributed by atoms with van der Waals surface area (Å²) in [7, 11) is 1.90. The quantitative estimate of drug-likeness (QED) is 0.486. The van der Waals surface area contributed by atoms with Crippen LogP contribution in [-0.4, -0.2) is 19.6 Å². The molecule has 3 nitrogen and oxygen atoms in total. The van der Waals surface area contributed by atoms with Gasteiger partial charge in [0.25, 0.3) is 0 Å². The molecule has 0 unspecified atom stereocenters. The van der Waals surface area contributed by atoms with Crippen molar-refractivity contribution in [3.05, 3.63) is 23.3 Å². The fraction of sp³-hybridized carbons (Fsp3) is 0.111. The van der Waals surface area contributed by atoms with Gasteiger partial charge in [-0.2, -0.15) is 0 Å². The number of rotatable bonds is 2. The second-order valence-corrected chi connectivity index (χ2v) is 2.76. The highest BCUT2D eigenvalue weighted by Crippen LogP contribution is 2.46. The third-order valence-corrected chi connectivity index (χ3v) is 2.11. The molecule has 0 saturated carbocycles. The van der Waals surface area contributed by atoms with Gasteiger partial charge in [0, 0.05) is 18.2 Å². The molecule has 12 heavy (non-hydrogen) atoms. The molecule has 0 atom stereocenters. The molecule has 60 valence electrons. The molecule has 0 bridgehead atoms. The Bertz CT molecular complexity index is 336. The van der Waals surface area contributed by atoms with Crippen LogP contribution in [0.25, 0.3) is 0 Å². The minimum absolute atomic E-state index is 0.466. The first-order valence-electron chi connectivity index (χ1n) is 3.60. The highest BCUT2D eigenvalue weighted by molar-refractivity contribution is 6.02. The average Bonchev–Trinajstić information content (AvgIpc) is 2.74. The first kappa shape index (κ1) is 7.03. The summed E-state index contributed by atoms with van der Waals surface area (Å²) in [4.78, 5) is 22.9. The number of hydrogen-bond acceptors (Lipinski definition) is 3. The van der Waals surface area contributed by atoms with Crippen LogP contribution in [0.5, 0.6) is 0 Å². The van der Waals surface area contributed by atoms with E-state index >= 15 is 0 Å². The number of aldehydes is 2. The molecular formula is C9H7NO2. The lowest BCUT2D eigenvalue weighted by molar-refractivity contribution is 0.109. The van der Waals surface area contributed by atoms with Crippen molar-refractivity contribution in [1.29, 1.82) is 0 Å². The van der Waals surface area contributed by atoms with Crippen LogP contribution in [0.1, 0.15) is 20.7 Å². The number of benzene rings is 1. The van der Waals surface area contributed by atoms with E-state index in [-0.39, 0.29) is 0 Å². The molecule has 0 aliphatic carbocycles. The summed E-state index contributed by atoms with van der Waals surface area (Å²) in [5.41, 5.74) is 2.99. The molecular weight excluding hydrogens is 154 g/mol. The summed E-state index contributed by atoms with van der Waals surface area (Å²) < 4.78 is 0. The van der Waals surface area contributed by atoms with Crippen molar-refractivity contribution in [3.8, 4) is 0 Å². The molecule has 0 spiro atoms. The molecule has 1 aromatic carbocycles. The molecule has 0 fully saturated rings. The minimum Gasteiger partial charge on any atom is -0.341 e. The molecule has 1 heterocycles. The fourth-order valence-electron chi connectivity index (χ4n) is 1.29. The minimum atomic E-state index is 0.466. The molecule has 1 aliphatic heterocycles. The van der Waals surface area contributed by atoms with Crippen LogP contribution in [0.3, 0.4) is 0 Å². The Labute approximate surface area is 69.6 Å². The number of carbonyl (C=O) groups is 2. The number of nitrogens with zero attached hydrogens (tertiary/aromatic N) is 1. The van der Waals surface area contributed by atoms with Crippen molar-refractivity contribution in [2.75, 3.05) is 11.9 Å². The molecule has 0 aromatic heterocycles. The maximum atomic E-state index is 10.5. The van der Waals surface area contributed by atoms with E-state index in [0.29, 0.717) is 23.7 Å². The average molecular weight is 161 g/mol. The second kappa shape index (κ2) is 2.17. The van der Waals surface area contributed by atoms with Gasteiger partial charge in [0.1, 0.15) is 0 Å². The lowest BCUT2D eigenvalue weighted by Gasteiger charge is -1.89. The molecule has 0 N–H and O–H groups in total. The van der Waals surface area contributed by atoms with Crippen molar-refractivity contribution in [2.45, 2.75) is 0 Å². The zero-order chi connectivity index (χ0) is 8.72. The van der Waals surface area contributed by atoms with E-state index in [9.17, 15) is 9.59 Å². The van der Waals surface area contributed by atoms with Gasteiger partial charge in [-0.05, 0) is 12.1 Å². The number of anilines is 2. The predicted octanol–water partition coefficient (Wildman–Crippen LogP) is 1.39. The third kappa shape index (κ3) is 0.763. The summed E-state index contributed by atoms with van der Waals surface area (Å²) in [6.07, 6.45) is 1.41. The second-order valence-electron chi connectivity index (χ2n) is 2.76. The molecule has 1 aliphatic rings. The van der Waals surface area contributed by atoms with Crippen LogP contribution in [0.4, 0.5) is 11.4 Å². The van der Waals surface area contributed by atoms with Crippen LogP contribution in [0, 0.1) is 0 Å². The molecule has 2 rings (SSSR count). The van der Waals surface area contributed by atoms with E-state index in [4.69, 9.17) is 0 Å². The zero-order valence-electron chi connectivity index (χ0n) is 6.57. The number of fused-ring (bicyclic) bond motifs is 1. The van der Waals surface area contributed by atoms with Gasteiger partial charge < -0.3 is 4.90 Å². The first-order chi connectivity index (χ1) is 5.77. The smallest absolute Gasteiger partial charge is 0.150 e. The van der Waals surface area contributed by atoms with Crippen molar-refractivity contribution < 1.29 is 9.59 Å². The third-order valence-electron chi connectivity index (χ3n) is 2.11. The Morgan fingerprint density at radius 3 is 1.83 bits per heavy atom. The maximum Gasteiger partial charge on any atom is 0.150 e. The van der Waals surface area contributed by atoms with Gasteiger partial charge in [-0.25, -0.2) is 0 Å². The largest absolute Gasteiger partial charge is 0.341 e. The van der Waals surface area contributed by atoms with Crippen molar-refractivity contribution in [1.82, 2.24) is 0 Å². The van der Waals surface area contributed by atoms with E-state index in [1.54, 1.807) is 12.1 Å². The van der Waals surface area contributed by atoms with Gasteiger partial charge in [0.05, 0.1) is 11.4 Å². The number of carbonyl (C=O) groups excluding carboxylic acids is 2. The lowest BCUT2D eigenvalue weighted by atomic mass is 10.1. The maximum absolute atomic E-state index is 10.5. The topological polar surface area (TPSA) is 37.1 Å². The standard InChI is InChI=1S/C9H7NO2/c1-10-8-2-6(4-11)7(5-12)3-9(8)10/h2-5H,1H3. The van der Waals surface area contributed by atoms with Crippen LogP contribution in [0.2, 0.25) is 0 Å². The van der Waals surface area contributed by atoms with Crippen LogP contribution >= 0.6 is 0 Å². The summed E-state index contributed by atoms with van der Waals surface area (Å²) in [5.74, 6) is 0. The van der Waals surface area contributed by atoms with Crippen molar-refractivity contribution in [2.24, 2.45) is 0 Å². The van der Waals surface area contributed by atoms with Crippen molar-refractivity contribution in [3.63, 3.8) is 0 Å². The van der Waals surface area contributed by atoms with Crippen LogP contribution in [0.15, 0.2) is 12.1 Å². The lowest BCUT2D eigenvalue weighted by Crippen LogP contribution is -1.86. The summed E-state index contributed by atoms with van der Waals surface area (Å²) in [5, 5.41) is 0. The molecule has 1 aromatic rings. The Kier molecular flexibility index (Phi) is 1.27. The monoisotopic (exact) mass is 161 g/mol. The zero-order valence-corrected chi connectivity index (χ0v) is 6.57. The van der Waals surface area contributed by atoms with Crippen LogP contribution in [-0.2, 0) is 0 Å². The van der Waals surface area contributed by atoms with E-state index in [1.807, 2.05) is 11.9 Å². The summed E-state index contributed by atoms with van der Waals surface area (Å²) >= 11 is 0. The molecule has 0 saturated heterocycles. The van der Waals surface area contributed by atoms with Crippen LogP contribution < -0.4 is 4.90 Å². The molecule has 0 amide bonds. The van der Waals surface area contributed by atoms with Gasteiger partial charge in [-0.3, -0.25) is 9.59 Å². The van der Waals surface area contributed by atoms with Gasteiger partial charge in [-0.1, -0.05) is 0 Å². The Morgan fingerprint density at radius 2 is 1.50 bits per heavy atom. The Morgan fingerprint density at radius 1 is 1.08 bits per heavy atom. The predicted molar refractivity (Wildman–Crippen MR) is 45.3 cm³/mol. The number of hydrogen-bond donors (Lipinski definition) is 0. The van der Waals surface area contributed by atoms with E-state index in [2.05, 4.69) is 0 Å². The fourth-order valence-corrected chi connectivity index (χ4v) is 1.29. The molecule has 0 radical (unpaired) electrons. The van der Waals surface area contributed by atoms with Gasteiger partial charge in [0.15, 0.2) is 12.6 Å². The highest BCUT2D eigenvalue weighted by Gasteiger charge is 2.26. The van der Waals surface area contributed by atoms with Gasteiger partial charge in [0.2, 0.25) is 0 Å². The summed E-state index contributed by atoms with van der Waals surface area (Å²) in [6.45, 7) is 0. The first-order valence-corrected chi connectivity index (χ1v) is 3.60. The molecule has 3 heteroatoms. The summed E-state index contributed by atoms with van der Waals surface area (Å²) in [6, 6.07) is 3.46. The Hall–Kier alpha value is -1.64. The van der Waals surface area contributed by atoms with Gasteiger partial charge >= 0.3 is 0 Å². The highest BCUT2D eigenvalue weighted by atomic mass is 16.1. The van der Waals surface area contributed by atoms with Gasteiger partial charge in [-0.15, -0.1) is 0 Å². The SMILES string of the molecule is CN1c2cc(C=O)c(C=O)cc21.